The van der Waals surface area contributed by atoms with Crippen molar-refractivity contribution in [1.29, 1.82) is 0 Å². The molecule has 0 aromatic heterocycles. The van der Waals surface area contributed by atoms with Gasteiger partial charge < -0.3 is 7.96 Å². The summed E-state index contributed by atoms with van der Waals surface area (Å²) < 4.78 is 0. The number of fused-ring (bicyclic) bond motifs is 1. The molecule has 0 aliphatic heterocycles. The van der Waals surface area contributed by atoms with Crippen molar-refractivity contribution in [2.24, 2.45) is 29.1 Å². The van der Waals surface area contributed by atoms with Gasteiger partial charge in [0.05, 0.1) is 6.10 Å². The summed E-state index contributed by atoms with van der Waals surface area (Å²) in [5, 5.41) is 10.0. The van der Waals surface area contributed by atoms with E-state index in [9.17, 15) is 5.11 Å². The predicted octanol–water partition coefficient (Wildman–Crippen LogP) is 7.46. The van der Waals surface area contributed by atoms with Crippen molar-refractivity contribution in [3.8, 4) is 0 Å². The molecule has 3 fully saturated rings. The van der Waals surface area contributed by atoms with E-state index in [0.29, 0.717) is 5.41 Å². The van der Waals surface area contributed by atoms with Crippen LogP contribution in [0.25, 0.3) is 0 Å². The van der Waals surface area contributed by atoms with Gasteiger partial charge in [0, 0.05) is 0 Å². The minimum Gasteiger partial charge on any atom is -1.00 e. The Bertz CT molecular complexity index is 627. The third kappa shape index (κ3) is 6.24. The zero-order valence-electron chi connectivity index (χ0n) is 21.7. The molecular weight excluding hydrogens is 380 g/mol. The molecule has 1 unspecified atom stereocenters. The van der Waals surface area contributed by atoms with E-state index in [1.165, 1.54) is 62.5 Å². The molecule has 1 N–H and O–H groups in total. The summed E-state index contributed by atoms with van der Waals surface area (Å²) in [5.74, 6) is 3.37. The molecule has 0 spiro atoms. The largest absolute Gasteiger partial charge is 2.00 e. The molecule has 2 heteroatoms. The molecule has 3 aliphatic carbocycles. The molecule has 0 heterocycles. The van der Waals surface area contributed by atoms with Gasteiger partial charge in [-0.05, 0) is 86.0 Å². The summed E-state index contributed by atoms with van der Waals surface area (Å²) in [4.78, 5) is 0. The molecule has 0 bridgehead atoms. The Morgan fingerprint density at radius 2 is 1.90 bits per heavy atom. The van der Waals surface area contributed by atoms with Crippen molar-refractivity contribution < 1.29 is 7.96 Å². The van der Waals surface area contributed by atoms with E-state index >= 15 is 0 Å². The van der Waals surface area contributed by atoms with E-state index in [0.717, 1.165) is 42.9 Å². The topological polar surface area (TPSA) is 20.2 Å². The molecular formula is C27H46CaO. The van der Waals surface area contributed by atoms with E-state index < -0.39 is 0 Å². The van der Waals surface area contributed by atoms with E-state index in [4.69, 9.17) is 0 Å². The van der Waals surface area contributed by atoms with Crippen molar-refractivity contribution in [1.82, 2.24) is 0 Å². The van der Waals surface area contributed by atoms with Crippen molar-refractivity contribution in [2.45, 2.75) is 104 Å². The number of aliphatic hydroxyl groups excluding tert-OH is 1. The summed E-state index contributed by atoms with van der Waals surface area (Å²) in [7, 11) is 0. The number of hydrogen-bond donors (Lipinski definition) is 1. The van der Waals surface area contributed by atoms with E-state index in [1.54, 1.807) is 5.57 Å². The molecule has 0 aromatic rings. The fourth-order valence-electron chi connectivity index (χ4n) is 6.66. The van der Waals surface area contributed by atoms with Crippen molar-refractivity contribution in [3.63, 3.8) is 0 Å². The van der Waals surface area contributed by atoms with Crippen molar-refractivity contribution >= 4 is 37.7 Å². The maximum atomic E-state index is 10.0. The molecule has 3 aliphatic rings. The van der Waals surface area contributed by atoms with Crippen LogP contribution >= 0.6 is 0 Å². The van der Waals surface area contributed by atoms with Crippen LogP contribution in [0.15, 0.2) is 35.5 Å². The van der Waals surface area contributed by atoms with Gasteiger partial charge in [-0.1, -0.05) is 76.8 Å². The number of aliphatic hydroxyl groups is 1. The Balaban J connectivity index is 0.00000300. The summed E-state index contributed by atoms with van der Waals surface area (Å²) in [6.45, 7) is 14.1. The standard InChI is InChI=1S/C27H44O.Ca.2H/c1-19(2)8-6-9-21(4)25-15-16-26-22(10-7-17-27(25,26)5)12-13-23-18-24(28)14-11-20(23)3;;;/h12-13,19,21,24-26,28H,3,6-11,14-18H2,1-2,4-5H3;;;/q;+2;2*-1/b22-12?,23-13-;;;/t21-,24+,25-,26?,27-;;;/m1.../s1. The Hall–Kier alpha value is 0.440. The number of rotatable bonds is 6. The molecule has 3 rings (SSSR count). The zero-order valence-corrected chi connectivity index (χ0v) is 21.9. The molecule has 3 saturated carbocycles. The Morgan fingerprint density at radius 3 is 2.62 bits per heavy atom. The summed E-state index contributed by atoms with van der Waals surface area (Å²) in [6.07, 6.45) is 18.2. The second-order valence-corrected chi connectivity index (χ2v) is 10.8. The van der Waals surface area contributed by atoms with Crippen LogP contribution in [-0.4, -0.2) is 48.9 Å². The van der Waals surface area contributed by atoms with Crippen LogP contribution in [0.3, 0.4) is 0 Å². The maximum absolute atomic E-state index is 10.0. The maximum Gasteiger partial charge on any atom is 2.00 e. The van der Waals surface area contributed by atoms with E-state index in [2.05, 4.69) is 46.4 Å². The minimum absolute atomic E-state index is 0. The van der Waals surface area contributed by atoms with Crippen molar-refractivity contribution in [3.05, 3.63) is 35.5 Å². The van der Waals surface area contributed by atoms with Gasteiger partial charge in [0.15, 0.2) is 0 Å². The molecule has 0 aromatic carbocycles. The van der Waals surface area contributed by atoms with E-state index in [-0.39, 0.29) is 46.7 Å². The van der Waals surface area contributed by atoms with E-state index in [1.807, 2.05) is 0 Å². The van der Waals surface area contributed by atoms with Crippen LogP contribution in [-0.2, 0) is 0 Å². The average Bonchev–Trinajstić information content (AvgIpc) is 2.99. The first-order valence-electron chi connectivity index (χ1n) is 12.1. The summed E-state index contributed by atoms with van der Waals surface area (Å²) in [6, 6.07) is 0. The first-order valence-corrected chi connectivity index (χ1v) is 12.1. The van der Waals surface area contributed by atoms with Gasteiger partial charge in [-0.3, -0.25) is 0 Å². The Morgan fingerprint density at radius 1 is 1.14 bits per heavy atom. The monoisotopic (exact) mass is 426 g/mol. The molecule has 0 saturated heterocycles. The second-order valence-electron chi connectivity index (χ2n) is 10.8. The molecule has 0 radical (unpaired) electrons. The van der Waals surface area contributed by atoms with Gasteiger partial charge in [-0.2, -0.15) is 0 Å². The molecule has 162 valence electrons. The van der Waals surface area contributed by atoms with Crippen molar-refractivity contribution in [2.75, 3.05) is 0 Å². The van der Waals surface area contributed by atoms with Gasteiger partial charge in [0.1, 0.15) is 0 Å². The fourth-order valence-corrected chi connectivity index (χ4v) is 6.66. The molecule has 1 nitrogen and oxygen atoms in total. The number of allylic oxidation sites excluding steroid dienone is 4. The summed E-state index contributed by atoms with van der Waals surface area (Å²) >= 11 is 0. The van der Waals surface area contributed by atoms with Crippen LogP contribution in [0.4, 0.5) is 0 Å². The number of hydrogen-bond acceptors (Lipinski definition) is 1. The molecule has 5 atom stereocenters. The minimum atomic E-state index is -0.172. The van der Waals surface area contributed by atoms with Gasteiger partial charge in [0.25, 0.3) is 0 Å². The predicted molar refractivity (Wildman–Crippen MR) is 129 cm³/mol. The first-order chi connectivity index (χ1) is 13.3. The SMILES string of the molecule is C=C1CC[C@H](O)C/C1=C/C=C1CCC[C@@]2(C)C1CC[C@@H]2[C@H](C)CCCC(C)C.[Ca+2].[H-].[H-]. The van der Waals surface area contributed by atoms with Gasteiger partial charge in [-0.15, -0.1) is 0 Å². The Labute approximate surface area is 213 Å². The van der Waals surface area contributed by atoms with Gasteiger partial charge in [-0.25, -0.2) is 0 Å². The molecule has 0 amide bonds. The third-order valence-corrected chi connectivity index (χ3v) is 8.35. The fraction of sp³-hybridized carbons (Fsp3) is 0.778. The molecule has 29 heavy (non-hydrogen) atoms. The van der Waals surface area contributed by atoms with Gasteiger partial charge in [0.2, 0.25) is 0 Å². The Kier molecular flexibility index (Phi) is 10.1. The normalized spacial score (nSPS) is 36.3. The third-order valence-electron chi connectivity index (χ3n) is 8.35. The second kappa shape index (κ2) is 11.3. The quantitative estimate of drug-likeness (QED) is 0.437. The van der Waals surface area contributed by atoms with Crippen LogP contribution < -0.4 is 0 Å². The van der Waals surface area contributed by atoms with Gasteiger partial charge >= 0.3 is 37.7 Å². The smallest absolute Gasteiger partial charge is 1.00 e. The van der Waals surface area contributed by atoms with Crippen LogP contribution in [0.5, 0.6) is 0 Å². The summed E-state index contributed by atoms with van der Waals surface area (Å²) in [5.41, 5.74) is 4.72. The van der Waals surface area contributed by atoms with Crippen LogP contribution in [0.2, 0.25) is 0 Å². The van der Waals surface area contributed by atoms with Crippen LogP contribution in [0, 0.1) is 29.1 Å². The van der Waals surface area contributed by atoms with Crippen LogP contribution in [0.1, 0.15) is 101 Å². The average molecular weight is 427 g/mol. The zero-order chi connectivity index (χ0) is 20.3. The first kappa shape index (κ1) is 25.7.